The summed E-state index contributed by atoms with van der Waals surface area (Å²) in [4.78, 5) is 18.6. The van der Waals surface area contributed by atoms with Gasteiger partial charge in [-0.15, -0.1) is 0 Å². The van der Waals surface area contributed by atoms with Gasteiger partial charge in [0, 0.05) is 43.9 Å². The quantitative estimate of drug-likeness (QED) is 0.889. The number of H-pyrrole nitrogens is 1. The second-order valence-electron chi connectivity index (χ2n) is 7.26. The van der Waals surface area contributed by atoms with Gasteiger partial charge in [0.15, 0.2) is 0 Å². The third-order valence-corrected chi connectivity index (χ3v) is 5.52. The molecular formula is C18H26N6O. The molecule has 0 atom stereocenters. The monoisotopic (exact) mass is 342 g/mol. The van der Waals surface area contributed by atoms with Crippen LogP contribution in [0.2, 0.25) is 0 Å². The van der Waals surface area contributed by atoms with Gasteiger partial charge in [-0.25, -0.2) is 4.98 Å². The van der Waals surface area contributed by atoms with Crippen LogP contribution < -0.4 is 5.32 Å². The first-order valence-electron chi connectivity index (χ1n) is 9.24. The number of carbonyl (C=O) groups is 1. The molecule has 7 nitrogen and oxygen atoms in total. The zero-order valence-corrected chi connectivity index (χ0v) is 14.7. The van der Waals surface area contributed by atoms with Crippen LogP contribution in [0.1, 0.15) is 59.4 Å². The molecule has 2 aliphatic rings. The molecule has 0 spiro atoms. The van der Waals surface area contributed by atoms with E-state index < -0.39 is 0 Å². The van der Waals surface area contributed by atoms with Crippen molar-refractivity contribution in [1.29, 1.82) is 0 Å². The van der Waals surface area contributed by atoms with Gasteiger partial charge in [0.1, 0.15) is 5.69 Å². The number of nitrogens with zero attached hydrogens (tertiary/aromatic N) is 4. The van der Waals surface area contributed by atoms with E-state index >= 15 is 0 Å². The first-order chi connectivity index (χ1) is 12.2. The molecule has 0 bridgehead atoms. The lowest BCUT2D eigenvalue weighted by atomic mass is 9.90. The van der Waals surface area contributed by atoms with E-state index in [9.17, 15) is 4.79 Å². The van der Waals surface area contributed by atoms with Crippen molar-refractivity contribution in [3.63, 3.8) is 0 Å². The maximum Gasteiger partial charge on any atom is 0.274 e. The fourth-order valence-electron chi connectivity index (χ4n) is 3.97. The van der Waals surface area contributed by atoms with Gasteiger partial charge < -0.3 is 14.8 Å². The van der Waals surface area contributed by atoms with Gasteiger partial charge >= 0.3 is 0 Å². The zero-order chi connectivity index (χ0) is 17.2. The van der Waals surface area contributed by atoms with Gasteiger partial charge in [-0.3, -0.25) is 9.89 Å². The van der Waals surface area contributed by atoms with E-state index in [1.54, 1.807) is 12.5 Å². The van der Waals surface area contributed by atoms with Crippen molar-refractivity contribution in [1.82, 2.24) is 30.0 Å². The number of aromatic amines is 1. The van der Waals surface area contributed by atoms with Crippen molar-refractivity contribution >= 4 is 5.91 Å². The molecule has 2 fully saturated rings. The van der Waals surface area contributed by atoms with Crippen LogP contribution in [0.5, 0.6) is 0 Å². The largest absolute Gasteiger partial charge is 0.340 e. The Hall–Kier alpha value is -2.15. The third-order valence-electron chi connectivity index (χ3n) is 5.52. The Morgan fingerprint density at radius 1 is 1.16 bits per heavy atom. The molecule has 2 N–H and O–H groups in total. The molecule has 0 aliphatic carbocycles. The summed E-state index contributed by atoms with van der Waals surface area (Å²) in [5.74, 6) is 1.09. The highest BCUT2D eigenvalue weighted by molar-refractivity contribution is 5.92. The third kappa shape index (κ3) is 3.46. The van der Waals surface area contributed by atoms with Crippen LogP contribution in [0.3, 0.4) is 0 Å². The molecule has 2 aromatic rings. The molecule has 4 rings (SSSR count). The van der Waals surface area contributed by atoms with Crippen molar-refractivity contribution in [3.8, 4) is 0 Å². The van der Waals surface area contributed by atoms with Crippen LogP contribution in [0.4, 0.5) is 0 Å². The highest BCUT2D eigenvalue weighted by atomic mass is 16.2. The molecule has 0 aromatic carbocycles. The second-order valence-corrected chi connectivity index (χ2v) is 7.26. The molecule has 0 unspecified atom stereocenters. The van der Waals surface area contributed by atoms with Crippen molar-refractivity contribution in [2.45, 2.75) is 37.5 Å². The number of aryl methyl sites for hydroxylation is 1. The molecule has 2 saturated heterocycles. The molecule has 4 heterocycles. The van der Waals surface area contributed by atoms with Crippen LogP contribution in [-0.4, -0.2) is 56.7 Å². The molecule has 0 radical (unpaired) electrons. The summed E-state index contributed by atoms with van der Waals surface area (Å²) in [6.07, 6.45) is 7.75. The van der Waals surface area contributed by atoms with E-state index in [1.807, 2.05) is 16.5 Å². The Bertz CT molecular complexity index is 722. The molecule has 2 aromatic heterocycles. The number of nitrogens with one attached hydrogen (secondary N) is 2. The average Bonchev–Trinajstić information content (AvgIpc) is 3.31. The fraction of sp³-hybridized carbons (Fsp3) is 0.611. The number of likely N-dealkylation sites (tertiary alicyclic amines) is 1. The van der Waals surface area contributed by atoms with Gasteiger partial charge in [-0.1, -0.05) is 0 Å². The predicted octanol–water partition coefficient (Wildman–Crippen LogP) is 1.63. The summed E-state index contributed by atoms with van der Waals surface area (Å²) in [6, 6.07) is 2.26. The second kappa shape index (κ2) is 7.00. The molecule has 25 heavy (non-hydrogen) atoms. The molecule has 1 amide bonds. The summed E-state index contributed by atoms with van der Waals surface area (Å²) < 4.78 is 1.81. The number of carbonyl (C=O) groups excluding carboxylic acids is 1. The molecule has 7 heteroatoms. The molecule has 0 saturated carbocycles. The topological polar surface area (TPSA) is 78.8 Å². The summed E-state index contributed by atoms with van der Waals surface area (Å²) in [7, 11) is 1.88. The minimum Gasteiger partial charge on any atom is -0.340 e. The summed E-state index contributed by atoms with van der Waals surface area (Å²) in [5, 5.41) is 11.2. The van der Waals surface area contributed by atoms with E-state index in [4.69, 9.17) is 0 Å². The smallest absolute Gasteiger partial charge is 0.274 e. The molecule has 134 valence electrons. The van der Waals surface area contributed by atoms with Crippen LogP contribution in [0.25, 0.3) is 0 Å². The minimum atomic E-state index is 0.0408. The van der Waals surface area contributed by atoms with E-state index in [1.165, 1.54) is 24.2 Å². The van der Waals surface area contributed by atoms with Crippen molar-refractivity contribution in [2.24, 2.45) is 7.05 Å². The number of rotatable bonds is 3. The van der Waals surface area contributed by atoms with Gasteiger partial charge in [-0.2, -0.15) is 5.10 Å². The lowest BCUT2D eigenvalue weighted by Gasteiger charge is -2.31. The highest BCUT2D eigenvalue weighted by Gasteiger charge is 2.27. The maximum absolute atomic E-state index is 12.5. The number of hydrogen-bond acceptors (Lipinski definition) is 4. The van der Waals surface area contributed by atoms with E-state index in [2.05, 4.69) is 26.6 Å². The molecule has 2 aliphatic heterocycles. The Labute approximate surface area is 147 Å². The summed E-state index contributed by atoms with van der Waals surface area (Å²) in [6.45, 7) is 3.73. The average molecular weight is 342 g/mol. The number of hydrogen-bond donors (Lipinski definition) is 2. The Morgan fingerprint density at radius 2 is 1.92 bits per heavy atom. The number of amides is 1. The Morgan fingerprint density at radius 3 is 2.60 bits per heavy atom. The first kappa shape index (κ1) is 16.3. The van der Waals surface area contributed by atoms with E-state index in [-0.39, 0.29) is 5.91 Å². The minimum absolute atomic E-state index is 0.0408. The van der Waals surface area contributed by atoms with Gasteiger partial charge in [0.05, 0.1) is 12.0 Å². The summed E-state index contributed by atoms with van der Waals surface area (Å²) in [5.41, 5.74) is 2.98. The Balaban J connectivity index is 1.35. The standard InChI is InChI=1S/C18H26N6O/c1-23-11-17(20-12-23)18(25)24-8-4-14(5-9-24)16-10-15(21-22-16)13-2-6-19-7-3-13/h10-14,19H,2-9H2,1H3,(H,21,22). The van der Waals surface area contributed by atoms with E-state index in [0.717, 1.165) is 39.0 Å². The normalized spacial score (nSPS) is 20.1. The lowest BCUT2D eigenvalue weighted by molar-refractivity contribution is 0.0706. The predicted molar refractivity (Wildman–Crippen MR) is 94.5 cm³/mol. The zero-order valence-electron chi connectivity index (χ0n) is 14.7. The number of aromatic nitrogens is 4. The maximum atomic E-state index is 12.5. The van der Waals surface area contributed by atoms with Gasteiger partial charge in [0.2, 0.25) is 0 Å². The number of piperidine rings is 2. The Kier molecular flexibility index (Phi) is 4.57. The van der Waals surface area contributed by atoms with Crippen LogP contribution in [0.15, 0.2) is 18.6 Å². The lowest BCUT2D eigenvalue weighted by Crippen LogP contribution is -2.38. The number of imidazole rings is 1. The first-order valence-corrected chi connectivity index (χ1v) is 9.24. The van der Waals surface area contributed by atoms with Crippen molar-refractivity contribution in [2.75, 3.05) is 26.2 Å². The van der Waals surface area contributed by atoms with Crippen LogP contribution in [0, 0.1) is 0 Å². The SMILES string of the molecule is Cn1cnc(C(=O)N2CCC(c3cc(C4CCNCC4)n[nH]3)CC2)c1. The van der Waals surface area contributed by atoms with E-state index in [0.29, 0.717) is 17.5 Å². The van der Waals surface area contributed by atoms with Crippen LogP contribution in [-0.2, 0) is 7.05 Å². The fourth-order valence-corrected chi connectivity index (χ4v) is 3.97. The molecular weight excluding hydrogens is 316 g/mol. The highest BCUT2D eigenvalue weighted by Crippen LogP contribution is 2.30. The van der Waals surface area contributed by atoms with Crippen LogP contribution >= 0.6 is 0 Å². The summed E-state index contributed by atoms with van der Waals surface area (Å²) >= 11 is 0. The van der Waals surface area contributed by atoms with Crippen molar-refractivity contribution < 1.29 is 4.79 Å². The van der Waals surface area contributed by atoms with Gasteiger partial charge in [0.25, 0.3) is 5.91 Å². The van der Waals surface area contributed by atoms with Crippen molar-refractivity contribution in [3.05, 3.63) is 35.7 Å². The van der Waals surface area contributed by atoms with Gasteiger partial charge in [-0.05, 0) is 44.8 Å².